The molecule has 1 aromatic carbocycles. The van der Waals surface area contributed by atoms with E-state index in [-0.39, 0.29) is 0 Å². The molecule has 0 fully saturated rings. The molecule has 1 N–H and O–H groups in total. The summed E-state index contributed by atoms with van der Waals surface area (Å²) in [6, 6.07) is 8.05. The Morgan fingerprint density at radius 1 is 1.42 bits per heavy atom. The van der Waals surface area contributed by atoms with Gasteiger partial charge in [0.25, 0.3) is 0 Å². The van der Waals surface area contributed by atoms with Crippen molar-refractivity contribution in [1.82, 2.24) is 4.98 Å². The Bertz CT molecular complexity index is 727. The van der Waals surface area contributed by atoms with Crippen LogP contribution in [0.25, 0.3) is 22.4 Å². The van der Waals surface area contributed by atoms with Gasteiger partial charge in [0.05, 0.1) is 0 Å². The molecule has 96 valence electrons. The van der Waals surface area contributed by atoms with E-state index >= 15 is 0 Å². The van der Waals surface area contributed by atoms with Crippen LogP contribution < -0.4 is 5.32 Å². The van der Waals surface area contributed by atoms with Crippen LogP contribution in [0.2, 0.25) is 0 Å². The number of anilines is 1. The van der Waals surface area contributed by atoms with Gasteiger partial charge in [-0.15, -0.1) is 17.9 Å². The van der Waals surface area contributed by atoms with Gasteiger partial charge in [-0.3, -0.25) is 0 Å². The van der Waals surface area contributed by atoms with Crippen LogP contribution in [0, 0.1) is 6.92 Å². The van der Waals surface area contributed by atoms with E-state index in [9.17, 15) is 0 Å². The number of hydrogen-bond acceptors (Lipinski definition) is 4. The number of para-hydroxylation sites is 1. The zero-order valence-electron chi connectivity index (χ0n) is 10.6. The van der Waals surface area contributed by atoms with Gasteiger partial charge in [-0.05, 0) is 13.0 Å². The highest BCUT2D eigenvalue weighted by Gasteiger charge is 2.14. The van der Waals surface area contributed by atoms with E-state index in [4.69, 9.17) is 4.42 Å². The number of benzene rings is 1. The average Bonchev–Trinajstić information content (AvgIpc) is 3.02. The van der Waals surface area contributed by atoms with Crippen molar-refractivity contribution < 1.29 is 4.42 Å². The van der Waals surface area contributed by atoms with Crippen molar-refractivity contribution >= 4 is 27.4 Å². The maximum absolute atomic E-state index is 5.90. The second-order valence-electron chi connectivity index (χ2n) is 4.26. The zero-order chi connectivity index (χ0) is 13.2. The van der Waals surface area contributed by atoms with Crippen LogP contribution >= 0.6 is 11.3 Å². The summed E-state index contributed by atoms with van der Waals surface area (Å²) in [6.07, 6.45) is 1.81. The van der Waals surface area contributed by atoms with Gasteiger partial charge in [0.1, 0.15) is 11.3 Å². The molecule has 0 atom stereocenters. The fourth-order valence-electron chi connectivity index (χ4n) is 2.04. The standard InChI is InChI=1S/C15H14N2OS/c1-3-8-16-15-17-12(9-19-15)14-10(2)11-6-4-5-7-13(11)18-14/h3-7,9H,1,8H2,2H3,(H,16,17). The molecular weight excluding hydrogens is 256 g/mol. The summed E-state index contributed by atoms with van der Waals surface area (Å²) < 4.78 is 5.90. The number of aryl methyl sites for hydroxylation is 1. The van der Waals surface area contributed by atoms with Crippen LogP contribution in [0.3, 0.4) is 0 Å². The number of thiazole rings is 1. The summed E-state index contributed by atoms with van der Waals surface area (Å²) in [7, 11) is 0. The summed E-state index contributed by atoms with van der Waals surface area (Å²) in [5.41, 5.74) is 2.92. The largest absolute Gasteiger partial charge is 0.454 e. The van der Waals surface area contributed by atoms with Crippen LogP contribution in [-0.2, 0) is 0 Å². The number of furan rings is 1. The lowest BCUT2D eigenvalue weighted by atomic mass is 10.1. The number of fused-ring (bicyclic) bond motifs is 1. The van der Waals surface area contributed by atoms with E-state index in [1.807, 2.05) is 29.7 Å². The number of hydrogen-bond donors (Lipinski definition) is 1. The van der Waals surface area contributed by atoms with Gasteiger partial charge < -0.3 is 9.73 Å². The molecule has 0 aliphatic carbocycles. The van der Waals surface area contributed by atoms with Crippen molar-refractivity contribution in [1.29, 1.82) is 0 Å². The molecule has 3 aromatic rings. The molecule has 0 aliphatic heterocycles. The first kappa shape index (κ1) is 12.0. The third-order valence-corrected chi connectivity index (χ3v) is 3.78. The number of aromatic nitrogens is 1. The molecule has 0 spiro atoms. The maximum Gasteiger partial charge on any atom is 0.183 e. The second-order valence-corrected chi connectivity index (χ2v) is 5.12. The van der Waals surface area contributed by atoms with Gasteiger partial charge in [-0.25, -0.2) is 4.98 Å². The van der Waals surface area contributed by atoms with E-state index in [0.717, 1.165) is 33.1 Å². The minimum absolute atomic E-state index is 0.714. The molecule has 2 heterocycles. The molecule has 0 bridgehead atoms. The van der Waals surface area contributed by atoms with E-state index in [1.165, 1.54) is 0 Å². The predicted octanol–water partition coefficient (Wildman–Crippen LogP) is 4.46. The van der Waals surface area contributed by atoms with E-state index in [0.29, 0.717) is 6.54 Å². The lowest BCUT2D eigenvalue weighted by Gasteiger charge is -1.95. The SMILES string of the molecule is C=CCNc1nc(-c2oc3ccccc3c2C)cs1. The number of rotatable bonds is 4. The summed E-state index contributed by atoms with van der Waals surface area (Å²) >= 11 is 1.57. The first-order valence-electron chi connectivity index (χ1n) is 6.08. The molecule has 0 unspecified atom stereocenters. The first-order valence-corrected chi connectivity index (χ1v) is 6.96. The summed E-state index contributed by atoms with van der Waals surface area (Å²) in [5.74, 6) is 0.851. The Balaban J connectivity index is 2.01. The Labute approximate surface area is 115 Å². The first-order chi connectivity index (χ1) is 9.29. The molecule has 0 radical (unpaired) electrons. The second kappa shape index (κ2) is 4.90. The molecule has 2 aromatic heterocycles. The molecule has 0 aliphatic rings. The molecule has 0 saturated carbocycles. The molecular formula is C15H14N2OS. The highest BCUT2D eigenvalue weighted by Crippen LogP contribution is 2.34. The normalized spacial score (nSPS) is 10.8. The summed E-state index contributed by atoms with van der Waals surface area (Å²) in [6.45, 7) is 6.46. The highest BCUT2D eigenvalue weighted by molar-refractivity contribution is 7.14. The molecule has 4 heteroatoms. The molecule has 3 rings (SSSR count). The quantitative estimate of drug-likeness (QED) is 0.711. The van der Waals surface area contributed by atoms with Crippen LogP contribution in [-0.4, -0.2) is 11.5 Å². The third-order valence-electron chi connectivity index (χ3n) is 2.98. The van der Waals surface area contributed by atoms with Gasteiger partial charge in [0, 0.05) is 22.9 Å². The smallest absolute Gasteiger partial charge is 0.183 e. The van der Waals surface area contributed by atoms with Crippen molar-refractivity contribution in [2.45, 2.75) is 6.92 Å². The average molecular weight is 270 g/mol. The fourth-order valence-corrected chi connectivity index (χ4v) is 2.74. The molecule has 0 saturated heterocycles. The van der Waals surface area contributed by atoms with Crippen LogP contribution in [0.4, 0.5) is 5.13 Å². The number of nitrogens with one attached hydrogen (secondary N) is 1. The van der Waals surface area contributed by atoms with Crippen molar-refractivity contribution in [3.05, 3.63) is 47.9 Å². The summed E-state index contributed by atoms with van der Waals surface area (Å²) in [5, 5.41) is 7.22. The summed E-state index contributed by atoms with van der Waals surface area (Å²) in [4.78, 5) is 4.54. The zero-order valence-corrected chi connectivity index (χ0v) is 11.5. The Hall–Kier alpha value is -2.07. The van der Waals surface area contributed by atoms with E-state index < -0.39 is 0 Å². The monoisotopic (exact) mass is 270 g/mol. The van der Waals surface area contributed by atoms with Crippen molar-refractivity contribution in [2.75, 3.05) is 11.9 Å². The van der Waals surface area contributed by atoms with Crippen molar-refractivity contribution in [3.8, 4) is 11.5 Å². The Morgan fingerprint density at radius 2 is 2.26 bits per heavy atom. The molecule has 3 nitrogen and oxygen atoms in total. The van der Waals surface area contributed by atoms with Crippen LogP contribution in [0.15, 0.2) is 46.7 Å². The van der Waals surface area contributed by atoms with Gasteiger partial charge >= 0.3 is 0 Å². The maximum atomic E-state index is 5.90. The molecule has 19 heavy (non-hydrogen) atoms. The highest BCUT2D eigenvalue weighted by atomic mass is 32.1. The topological polar surface area (TPSA) is 38.1 Å². The van der Waals surface area contributed by atoms with Gasteiger partial charge in [0.15, 0.2) is 10.9 Å². The lowest BCUT2D eigenvalue weighted by molar-refractivity contribution is 0.627. The Kier molecular flexibility index (Phi) is 3.09. The number of nitrogens with zero attached hydrogens (tertiary/aromatic N) is 1. The lowest BCUT2D eigenvalue weighted by Crippen LogP contribution is -1.96. The van der Waals surface area contributed by atoms with E-state index in [1.54, 1.807) is 11.3 Å². The minimum Gasteiger partial charge on any atom is -0.454 e. The van der Waals surface area contributed by atoms with Crippen LogP contribution in [0.1, 0.15) is 5.56 Å². The van der Waals surface area contributed by atoms with Gasteiger partial charge in [-0.1, -0.05) is 24.3 Å². The van der Waals surface area contributed by atoms with Gasteiger partial charge in [-0.2, -0.15) is 0 Å². The van der Waals surface area contributed by atoms with Crippen molar-refractivity contribution in [3.63, 3.8) is 0 Å². The van der Waals surface area contributed by atoms with Gasteiger partial charge in [0.2, 0.25) is 0 Å². The fraction of sp³-hybridized carbons (Fsp3) is 0.133. The van der Waals surface area contributed by atoms with Crippen molar-refractivity contribution in [2.24, 2.45) is 0 Å². The third kappa shape index (κ3) is 2.15. The molecule has 0 amide bonds. The minimum atomic E-state index is 0.714. The van der Waals surface area contributed by atoms with Crippen LogP contribution in [0.5, 0.6) is 0 Å². The van der Waals surface area contributed by atoms with E-state index in [2.05, 4.69) is 29.9 Å². The predicted molar refractivity (Wildman–Crippen MR) is 80.7 cm³/mol. The Morgan fingerprint density at radius 3 is 3.05 bits per heavy atom.